The first-order valence-electron chi connectivity index (χ1n) is 12.4. The molecule has 0 bridgehead atoms. The first-order valence-corrected chi connectivity index (χ1v) is 12.4. The predicted molar refractivity (Wildman–Crippen MR) is 124 cm³/mol. The van der Waals surface area contributed by atoms with Crippen molar-refractivity contribution >= 4 is 11.9 Å². The minimum atomic E-state index is -0.420. The maximum absolute atomic E-state index is 12.1. The van der Waals surface area contributed by atoms with Crippen LogP contribution in [0.3, 0.4) is 0 Å². The van der Waals surface area contributed by atoms with Crippen molar-refractivity contribution in [3.8, 4) is 0 Å². The van der Waals surface area contributed by atoms with E-state index in [0.29, 0.717) is 24.1 Å². The van der Waals surface area contributed by atoms with E-state index in [1.165, 1.54) is 70.6 Å². The molecule has 5 heteroatoms. The van der Waals surface area contributed by atoms with E-state index in [1.807, 2.05) is 21.1 Å². The van der Waals surface area contributed by atoms with E-state index < -0.39 is 6.10 Å². The summed E-state index contributed by atoms with van der Waals surface area (Å²) in [4.78, 5) is 23.7. The van der Waals surface area contributed by atoms with Crippen LogP contribution in [0.25, 0.3) is 0 Å². The van der Waals surface area contributed by atoms with Crippen LogP contribution >= 0.6 is 0 Å². The summed E-state index contributed by atoms with van der Waals surface area (Å²) in [5.74, 6) is -0.533. The van der Waals surface area contributed by atoms with E-state index in [0.717, 1.165) is 12.8 Å². The zero-order valence-corrected chi connectivity index (χ0v) is 20.7. The molecular weight excluding hydrogens is 378 g/mol. The lowest BCUT2D eigenvalue weighted by Gasteiger charge is -2.28. The van der Waals surface area contributed by atoms with Gasteiger partial charge in [-0.25, -0.2) is 0 Å². The number of carbonyl (C=O) groups excluding carboxylic acids is 2. The van der Waals surface area contributed by atoms with Gasteiger partial charge in [0.05, 0.1) is 34.2 Å². The molecule has 0 unspecified atom stereocenters. The van der Waals surface area contributed by atoms with Gasteiger partial charge in [0.2, 0.25) is 0 Å². The highest BCUT2D eigenvalue weighted by Crippen LogP contribution is 2.13. The van der Waals surface area contributed by atoms with Gasteiger partial charge in [-0.2, -0.15) is 0 Å². The van der Waals surface area contributed by atoms with Gasteiger partial charge in [0.25, 0.3) is 0 Å². The normalized spacial score (nSPS) is 12.6. The topological polar surface area (TPSA) is 52.6 Å². The summed E-state index contributed by atoms with van der Waals surface area (Å²) in [6.45, 7) is 5.09. The summed E-state index contributed by atoms with van der Waals surface area (Å²) in [6.07, 6.45) is 16.9. The second-order valence-electron chi connectivity index (χ2n) is 9.61. The van der Waals surface area contributed by atoms with Gasteiger partial charge >= 0.3 is 11.9 Å². The summed E-state index contributed by atoms with van der Waals surface area (Å²) < 4.78 is 11.4. The molecule has 0 saturated carbocycles. The van der Waals surface area contributed by atoms with Crippen molar-refractivity contribution in [2.75, 3.05) is 34.3 Å². The highest BCUT2D eigenvalue weighted by molar-refractivity contribution is 5.72. The van der Waals surface area contributed by atoms with Crippen LogP contribution in [-0.2, 0) is 19.1 Å². The van der Waals surface area contributed by atoms with Gasteiger partial charge in [0.15, 0.2) is 6.10 Å². The number of quaternary nitrogens is 1. The van der Waals surface area contributed by atoms with Crippen molar-refractivity contribution in [1.29, 1.82) is 0 Å². The molecule has 0 heterocycles. The van der Waals surface area contributed by atoms with Crippen LogP contribution in [0.4, 0.5) is 0 Å². The largest absolute Gasteiger partial charge is 0.466 e. The Bertz CT molecular complexity index is 431. The molecule has 0 fully saturated rings. The Kier molecular flexibility index (Phi) is 18.0. The molecule has 5 nitrogen and oxygen atoms in total. The van der Waals surface area contributed by atoms with Gasteiger partial charge in [-0.15, -0.1) is 0 Å². The molecule has 0 aliphatic heterocycles. The van der Waals surface area contributed by atoms with E-state index in [4.69, 9.17) is 9.47 Å². The van der Waals surface area contributed by atoms with E-state index in [2.05, 4.69) is 6.92 Å². The molecule has 0 spiro atoms. The summed E-state index contributed by atoms with van der Waals surface area (Å²) in [6, 6.07) is 0. The molecule has 0 aliphatic rings. The third-order valence-electron chi connectivity index (χ3n) is 5.24. The molecule has 30 heavy (non-hydrogen) atoms. The lowest BCUT2D eigenvalue weighted by atomic mass is 10.0. The average Bonchev–Trinajstić information content (AvgIpc) is 2.66. The third kappa shape index (κ3) is 20.2. The Labute approximate surface area is 186 Å². The van der Waals surface area contributed by atoms with Gasteiger partial charge in [0, 0.05) is 6.42 Å². The van der Waals surface area contributed by atoms with Gasteiger partial charge in [-0.3, -0.25) is 9.59 Å². The fourth-order valence-corrected chi connectivity index (χ4v) is 3.57. The van der Waals surface area contributed by atoms with E-state index in [9.17, 15) is 9.59 Å². The van der Waals surface area contributed by atoms with Crippen LogP contribution in [-0.4, -0.2) is 56.8 Å². The molecule has 178 valence electrons. The summed E-state index contributed by atoms with van der Waals surface area (Å²) in [7, 11) is 6.06. The molecule has 0 aromatic heterocycles. The quantitative estimate of drug-likeness (QED) is 0.135. The number of hydrogen-bond donors (Lipinski definition) is 0. The average molecular weight is 429 g/mol. The molecule has 0 aliphatic carbocycles. The molecule has 0 aromatic carbocycles. The maximum atomic E-state index is 12.1. The Morgan fingerprint density at radius 2 is 1.17 bits per heavy atom. The van der Waals surface area contributed by atoms with Crippen LogP contribution < -0.4 is 0 Å². The zero-order chi connectivity index (χ0) is 22.7. The molecule has 1 atom stereocenters. The number of carbonyl (C=O) groups is 2. The first-order chi connectivity index (χ1) is 14.3. The monoisotopic (exact) mass is 428 g/mol. The van der Waals surface area contributed by atoms with Crippen LogP contribution in [0.15, 0.2) is 0 Å². The zero-order valence-electron chi connectivity index (χ0n) is 20.7. The maximum Gasteiger partial charge on any atom is 0.309 e. The fraction of sp³-hybridized carbons (Fsp3) is 0.920. The van der Waals surface area contributed by atoms with Gasteiger partial charge in [0.1, 0.15) is 6.54 Å². The van der Waals surface area contributed by atoms with E-state index >= 15 is 0 Å². The molecule has 0 rings (SSSR count). The fourth-order valence-electron chi connectivity index (χ4n) is 3.57. The Morgan fingerprint density at radius 3 is 1.60 bits per heavy atom. The Hall–Kier alpha value is -1.10. The number of nitrogens with zero attached hydrogens (tertiary/aromatic N) is 1. The molecule has 0 radical (unpaired) electrons. The number of likely N-dealkylation sites (N-methyl/N-ethyl adjacent to an activating group) is 1. The molecule has 0 amide bonds. The lowest BCUT2D eigenvalue weighted by Crippen LogP contribution is -2.44. The van der Waals surface area contributed by atoms with Crippen molar-refractivity contribution in [3.05, 3.63) is 0 Å². The number of ether oxygens (including phenoxy) is 2. The molecular formula is C25H50NO4+. The summed E-state index contributed by atoms with van der Waals surface area (Å²) >= 11 is 0. The van der Waals surface area contributed by atoms with E-state index in [-0.39, 0.29) is 18.4 Å². The second kappa shape index (κ2) is 18.7. The molecule has 0 saturated heterocycles. The van der Waals surface area contributed by atoms with Crippen molar-refractivity contribution in [2.24, 2.45) is 0 Å². The van der Waals surface area contributed by atoms with Gasteiger partial charge in [-0.1, -0.05) is 90.9 Å². The Morgan fingerprint density at radius 1 is 0.700 bits per heavy atom. The van der Waals surface area contributed by atoms with E-state index in [1.54, 1.807) is 6.92 Å². The Balaban J connectivity index is 3.67. The van der Waals surface area contributed by atoms with Crippen molar-refractivity contribution in [3.63, 3.8) is 0 Å². The number of unbranched alkanes of at least 4 members (excludes halogenated alkanes) is 12. The highest BCUT2D eigenvalue weighted by Gasteiger charge is 2.25. The lowest BCUT2D eigenvalue weighted by molar-refractivity contribution is -0.873. The van der Waals surface area contributed by atoms with Crippen molar-refractivity contribution in [2.45, 2.75) is 116 Å². The van der Waals surface area contributed by atoms with Crippen LogP contribution in [0.5, 0.6) is 0 Å². The minimum absolute atomic E-state index is 0.139. The highest BCUT2D eigenvalue weighted by atomic mass is 16.6. The summed E-state index contributed by atoms with van der Waals surface area (Å²) in [5, 5.41) is 0. The smallest absolute Gasteiger partial charge is 0.309 e. The second-order valence-corrected chi connectivity index (χ2v) is 9.61. The van der Waals surface area contributed by atoms with Crippen LogP contribution in [0.1, 0.15) is 110 Å². The number of esters is 2. The van der Waals surface area contributed by atoms with Gasteiger partial charge in [-0.05, 0) is 6.42 Å². The van der Waals surface area contributed by atoms with Gasteiger partial charge < -0.3 is 14.0 Å². The predicted octanol–water partition coefficient (Wildman–Crippen LogP) is 6.04. The number of rotatable bonds is 20. The third-order valence-corrected chi connectivity index (χ3v) is 5.24. The van der Waals surface area contributed by atoms with Crippen molar-refractivity contribution in [1.82, 2.24) is 0 Å². The summed E-state index contributed by atoms with van der Waals surface area (Å²) in [5.41, 5.74) is 0. The molecule has 0 aromatic rings. The molecule has 0 N–H and O–H groups in total. The van der Waals surface area contributed by atoms with Crippen LogP contribution in [0.2, 0.25) is 0 Å². The SMILES string of the molecule is CCCCCCCCCCCCCCCOC(=O)C[C@H](C[N+](C)(C)C)OC(=O)CC. The minimum Gasteiger partial charge on any atom is -0.466 e. The first kappa shape index (κ1) is 28.9. The number of hydrogen-bond acceptors (Lipinski definition) is 4. The standard InChI is InChI=1S/C25H50NO4/c1-6-8-9-10-11-12-13-14-15-16-17-18-19-20-29-25(28)21-23(22-26(3,4)5)30-24(27)7-2/h23H,6-22H2,1-5H3/q+1/t23-/m1/s1. The van der Waals surface area contributed by atoms with Crippen LogP contribution in [0, 0.1) is 0 Å². The van der Waals surface area contributed by atoms with Crippen molar-refractivity contribution < 1.29 is 23.5 Å².